The van der Waals surface area contributed by atoms with Gasteiger partial charge >= 0.3 is 5.97 Å². The topological polar surface area (TPSA) is 95.9 Å². The van der Waals surface area contributed by atoms with Crippen molar-refractivity contribution < 1.29 is 24.5 Å². The molecule has 0 aliphatic heterocycles. The molecule has 0 rings (SSSR count). The Morgan fingerprint density at radius 2 is 0.618 bits per heavy atom. The van der Waals surface area contributed by atoms with Crippen LogP contribution in [-0.4, -0.2) is 47.4 Å². The van der Waals surface area contributed by atoms with Crippen molar-refractivity contribution in [3.05, 3.63) is 12.2 Å². The quantitative estimate of drug-likeness (QED) is 0.0320. The minimum atomic E-state index is -0.666. The molecule has 0 heterocycles. The van der Waals surface area contributed by atoms with Crippen molar-refractivity contribution >= 4 is 11.9 Å². The van der Waals surface area contributed by atoms with Crippen molar-refractivity contribution in [2.75, 3.05) is 13.2 Å². The Kier molecular flexibility index (Phi) is 64.9. The van der Waals surface area contributed by atoms with Gasteiger partial charge in [0.25, 0.3) is 0 Å². The van der Waals surface area contributed by atoms with Crippen molar-refractivity contribution in [2.45, 2.75) is 411 Å². The number of rotatable bonds is 66. The maximum absolute atomic E-state index is 12.6. The van der Waals surface area contributed by atoms with Gasteiger partial charge in [-0.3, -0.25) is 9.59 Å². The highest BCUT2D eigenvalue weighted by atomic mass is 16.5. The van der Waals surface area contributed by atoms with E-state index >= 15 is 0 Å². The zero-order valence-electron chi connectivity index (χ0n) is 51.8. The van der Waals surface area contributed by atoms with Gasteiger partial charge in [-0.25, -0.2) is 0 Å². The lowest BCUT2D eigenvalue weighted by Crippen LogP contribution is -2.45. The molecule has 0 aliphatic rings. The Balaban J connectivity index is 3.38. The smallest absolute Gasteiger partial charge is 0.305 e. The molecule has 6 nitrogen and oxygen atoms in total. The van der Waals surface area contributed by atoms with E-state index < -0.39 is 12.1 Å². The molecule has 0 bridgehead atoms. The number of amides is 1. The molecule has 0 aliphatic carbocycles. The van der Waals surface area contributed by atoms with Gasteiger partial charge in [-0.15, -0.1) is 0 Å². The molecule has 0 saturated carbocycles. The minimum Gasteiger partial charge on any atom is -0.466 e. The first-order chi connectivity index (χ1) is 37.5. The Morgan fingerprint density at radius 3 is 0.947 bits per heavy atom. The van der Waals surface area contributed by atoms with Gasteiger partial charge in [0.15, 0.2) is 0 Å². The summed E-state index contributed by atoms with van der Waals surface area (Å²) in [5.74, 6) is -0.0267. The molecular weight excluding hydrogens is 935 g/mol. The fraction of sp³-hybridized carbons (Fsp3) is 0.943. The van der Waals surface area contributed by atoms with Crippen LogP contribution in [0.15, 0.2) is 12.2 Å². The van der Waals surface area contributed by atoms with Gasteiger partial charge in [0, 0.05) is 12.8 Å². The van der Waals surface area contributed by atoms with E-state index in [0.29, 0.717) is 25.9 Å². The third kappa shape index (κ3) is 61.8. The maximum Gasteiger partial charge on any atom is 0.305 e. The molecule has 1 amide bonds. The van der Waals surface area contributed by atoms with Gasteiger partial charge in [-0.05, 0) is 51.4 Å². The normalized spacial score (nSPS) is 12.5. The molecule has 0 saturated heterocycles. The van der Waals surface area contributed by atoms with E-state index in [-0.39, 0.29) is 18.5 Å². The zero-order valence-corrected chi connectivity index (χ0v) is 51.8. The lowest BCUT2D eigenvalue weighted by atomic mass is 10.0. The summed E-state index contributed by atoms with van der Waals surface area (Å²) in [6, 6.07) is -0.543. The van der Waals surface area contributed by atoms with Crippen LogP contribution in [0.5, 0.6) is 0 Å². The number of esters is 1. The van der Waals surface area contributed by atoms with Crippen LogP contribution in [0.25, 0.3) is 0 Å². The van der Waals surface area contributed by atoms with Crippen LogP contribution in [0.2, 0.25) is 0 Å². The molecule has 0 spiro atoms. The third-order valence-corrected chi connectivity index (χ3v) is 16.6. The number of aliphatic hydroxyl groups is 2. The van der Waals surface area contributed by atoms with Crippen molar-refractivity contribution in [2.24, 2.45) is 0 Å². The molecule has 3 N–H and O–H groups in total. The highest BCUT2D eigenvalue weighted by Gasteiger charge is 2.20. The van der Waals surface area contributed by atoms with Crippen LogP contribution >= 0.6 is 0 Å². The first-order valence-corrected chi connectivity index (χ1v) is 34.9. The van der Waals surface area contributed by atoms with E-state index in [4.69, 9.17) is 4.74 Å². The van der Waals surface area contributed by atoms with Crippen molar-refractivity contribution in [3.63, 3.8) is 0 Å². The summed E-state index contributed by atoms with van der Waals surface area (Å²) in [7, 11) is 0. The molecule has 0 aromatic heterocycles. The van der Waals surface area contributed by atoms with E-state index in [1.54, 1.807) is 0 Å². The molecular formula is C70H137NO5. The Hall–Kier alpha value is -1.40. The molecule has 0 aromatic rings. The van der Waals surface area contributed by atoms with Gasteiger partial charge in [0.2, 0.25) is 5.91 Å². The van der Waals surface area contributed by atoms with Gasteiger partial charge < -0.3 is 20.3 Å². The summed E-state index contributed by atoms with van der Waals surface area (Å²) in [6.45, 7) is 4.97. The molecule has 6 heteroatoms. The second-order valence-corrected chi connectivity index (χ2v) is 24.2. The van der Waals surface area contributed by atoms with Crippen LogP contribution in [0.3, 0.4) is 0 Å². The molecule has 76 heavy (non-hydrogen) atoms. The van der Waals surface area contributed by atoms with Crippen LogP contribution in [-0.2, 0) is 14.3 Å². The van der Waals surface area contributed by atoms with Crippen molar-refractivity contribution in [1.82, 2.24) is 5.32 Å². The summed E-state index contributed by atoms with van der Waals surface area (Å²) >= 11 is 0. The van der Waals surface area contributed by atoms with Crippen LogP contribution < -0.4 is 5.32 Å². The Morgan fingerprint density at radius 1 is 0.355 bits per heavy atom. The SMILES string of the molecule is CCCCCC/C=C\CCCCCCCC(=O)OCCCCCCCCCCCCCCCCCCCCCCCC(=O)NC(CO)C(O)CCCCCCCCCCCCCCCCCCCCCCCCCCC. The number of unbranched alkanes of at least 4 members (excludes halogenated alkanes) is 53. The Labute approximate surface area is 476 Å². The standard InChI is InChI=1S/C70H137NO5/c1-3-5-7-9-11-13-15-17-18-19-20-21-22-23-24-26-29-32-35-39-42-46-50-54-58-62-68(73)67(66-72)71-69(74)63-59-55-51-47-43-40-36-33-30-27-25-28-31-34-37-41-45-49-53-57-61-65-76-70(75)64-60-56-52-48-44-38-16-14-12-10-8-6-4-2/h14,16,67-68,72-73H,3-13,15,17-66H2,1-2H3,(H,71,74)/b16-14-. The number of carbonyl (C=O) groups excluding carboxylic acids is 2. The van der Waals surface area contributed by atoms with Crippen molar-refractivity contribution in [1.29, 1.82) is 0 Å². The lowest BCUT2D eigenvalue weighted by molar-refractivity contribution is -0.143. The van der Waals surface area contributed by atoms with Gasteiger partial charge in [-0.2, -0.15) is 0 Å². The third-order valence-electron chi connectivity index (χ3n) is 16.6. The number of hydrogen-bond acceptors (Lipinski definition) is 5. The summed E-state index contributed by atoms with van der Waals surface area (Å²) in [4.78, 5) is 24.6. The molecule has 0 aromatic carbocycles. The molecule has 2 unspecified atom stereocenters. The number of carbonyl (C=O) groups is 2. The summed E-state index contributed by atoms with van der Waals surface area (Å²) in [6.07, 6.45) is 81.1. The summed E-state index contributed by atoms with van der Waals surface area (Å²) in [5, 5.41) is 23.4. The number of ether oxygens (including phenoxy) is 1. The second kappa shape index (κ2) is 66.1. The van der Waals surface area contributed by atoms with Gasteiger partial charge in [-0.1, -0.05) is 347 Å². The Bertz CT molecular complexity index is 1140. The second-order valence-electron chi connectivity index (χ2n) is 24.2. The average molecular weight is 1070 g/mol. The first kappa shape index (κ1) is 74.6. The van der Waals surface area contributed by atoms with Gasteiger partial charge in [0.1, 0.15) is 0 Å². The molecule has 452 valence electrons. The number of nitrogens with one attached hydrogen (secondary N) is 1. The summed E-state index contributed by atoms with van der Waals surface area (Å²) < 4.78 is 5.48. The van der Waals surface area contributed by atoms with E-state index in [2.05, 4.69) is 31.3 Å². The fourth-order valence-corrected chi connectivity index (χ4v) is 11.2. The largest absolute Gasteiger partial charge is 0.466 e. The van der Waals surface area contributed by atoms with Crippen LogP contribution in [0, 0.1) is 0 Å². The molecule has 2 atom stereocenters. The lowest BCUT2D eigenvalue weighted by Gasteiger charge is -2.22. The summed E-state index contributed by atoms with van der Waals surface area (Å²) in [5.41, 5.74) is 0. The predicted octanol–water partition coefficient (Wildman–Crippen LogP) is 22.4. The minimum absolute atomic E-state index is 0.00402. The fourth-order valence-electron chi connectivity index (χ4n) is 11.2. The maximum atomic E-state index is 12.6. The molecule has 0 radical (unpaired) electrons. The van der Waals surface area contributed by atoms with Crippen molar-refractivity contribution in [3.8, 4) is 0 Å². The van der Waals surface area contributed by atoms with E-state index in [0.717, 1.165) is 44.9 Å². The van der Waals surface area contributed by atoms with E-state index in [9.17, 15) is 19.8 Å². The monoisotopic (exact) mass is 1070 g/mol. The molecule has 0 fully saturated rings. The highest BCUT2D eigenvalue weighted by molar-refractivity contribution is 5.76. The first-order valence-electron chi connectivity index (χ1n) is 34.9. The number of allylic oxidation sites excluding steroid dienone is 2. The van der Waals surface area contributed by atoms with E-state index in [1.807, 2.05) is 0 Å². The van der Waals surface area contributed by atoms with E-state index in [1.165, 1.54) is 321 Å². The van der Waals surface area contributed by atoms with Crippen LogP contribution in [0.4, 0.5) is 0 Å². The predicted molar refractivity (Wildman–Crippen MR) is 333 cm³/mol. The number of hydrogen-bond donors (Lipinski definition) is 3. The zero-order chi connectivity index (χ0) is 55.0. The van der Waals surface area contributed by atoms with Crippen LogP contribution in [0.1, 0.15) is 399 Å². The average Bonchev–Trinajstić information content (AvgIpc) is 3.42. The van der Waals surface area contributed by atoms with Gasteiger partial charge in [0.05, 0.1) is 25.4 Å². The highest BCUT2D eigenvalue weighted by Crippen LogP contribution is 2.19. The number of aliphatic hydroxyl groups excluding tert-OH is 2.